The van der Waals surface area contributed by atoms with E-state index < -0.39 is 39.2 Å². The Labute approximate surface area is 211 Å². The van der Waals surface area contributed by atoms with Crippen molar-refractivity contribution in [3.05, 3.63) is 54.1 Å². The molecule has 0 saturated carbocycles. The third-order valence-electron chi connectivity index (χ3n) is 5.90. The second-order valence-electron chi connectivity index (χ2n) is 9.13. The quantitative estimate of drug-likeness (QED) is 0.338. The summed E-state index contributed by atoms with van der Waals surface area (Å²) in [5.74, 6) is -2.31. The van der Waals surface area contributed by atoms with Crippen LogP contribution >= 0.6 is 0 Å². The van der Waals surface area contributed by atoms with Crippen molar-refractivity contribution in [3.8, 4) is 11.5 Å². The largest absolute Gasteiger partial charge is 0.573 e. The third kappa shape index (κ3) is 7.54. The first kappa shape index (κ1) is 28.6. The van der Waals surface area contributed by atoms with Crippen LogP contribution in [0.5, 0.6) is 11.5 Å². The molecule has 0 radical (unpaired) electrons. The van der Waals surface area contributed by atoms with Gasteiger partial charge in [-0.1, -0.05) is 13.8 Å². The minimum atomic E-state index is -4.88. The van der Waals surface area contributed by atoms with Crippen LogP contribution in [0.15, 0.2) is 47.4 Å². The number of piperazine rings is 1. The first-order valence-electron chi connectivity index (χ1n) is 11.4. The third-order valence-corrected chi connectivity index (χ3v) is 7.81. The van der Waals surface area contributed by atoms with Crippen LogP contribution in [0.2, 0.25) is 0 Å². The van der Waals surface area contributed by atoms with Gasteiger partial charge in [0.25, 0.3) is 0 Å². The summed E-state index contributed by atoms with van der Waals surface area (Å²) in [6.07, 6.45) is -4.04. The lowest BCUT2D eigenvalue weighted by molar-refractivity contribution is -0.274. The smallest absolute Gasteiger partial charge is 0.491 e. The minimum Gasteiger partial charge on any atom is -0.491 e. The Kier molecular flexibility index (Phi) is 8.68. The van der Waals surface area contributed by atoms with E-state index in [-0.39, 0.29) is 49.3 Å². The van der Waals surface area contributed by atoms with Gasteiger partial charge in [0.15, 0.2) is 11.6 Å². The van der Waals surface area contributed by atoms with E-state index in [0.717, 1.165) is 36.4 Å². The van der Waals surface area contributed by atoms with E-state index in [1.54, 1.807) is 18.7 Å². The molecule has 37 heavy (non-hydrogen) atoms. The van der Waals surface area contributed by atoms with E-state index in [1.807, 2.05) is 0 Å². The Bertz CT molecular complexity index is 1200. The number of benzene rings is 2. The molecule has 1 aliphatic heterocycles. The normalized spacial score (nSPS) is 15.5. The van der Waals surface area contributed by atoms with Gasteiger partial charge in [0.1, 0.15) is 11.6 Å². The van der Waals surface area contributed by atoms with Crippen LogP contribution in [0.1, 0.15) is 26.7 Å². The summed E-state index contributed by atoms with van der Waals surface area (Å²) in [7, 11) is -3.97. The van der Waals surface area contributed by atoms with Crippen LogP contribution in [0.3, 0.4) is 0 Å². The second-order valence-corrected chi connectivity index (χ2v) is 11.1. The van der Waals surface area contributed by atoms with Crippen LogP contribution in [-0.2, 0) is 14.8 Å². The molecular weight excluding hydrogens is 523 g/mol. The maximum atomic E-state index is 13.7. The number of ether oxygens (including phenoxy) is 2. The van der Waals surface area contributed by atoms with E-state index >= 15 is 0 Å². The number of alkyl halides is 3. The molecule has 204 valence electrons. The summed E-state index contributed by atoms with van der Waals surface area (Å²) in [5, 5.41) is 0. The van der Waals surface area contributed by atoms with E-state index in [0.29, 0.717) is 12.8 Å². The molecule has 0 bridgehead atoms. The number of carbonyl (C=O) groups excluding carboxylic acids is 1. The Balaban J connectivity index is 1.50. The van der Waals surface area contributed by atoms with E-state index in [1.165, 1.54) is 10.4 Å². The fraction of sp³-hybridized carbons (Fsp3) is 0.458. The van der Waals surface area contributed by atoms with Crippen molar-refractivity contribution in [1.82, 2.24) is 9.21 Å². The van der Waals surface area contributed by atoms with Gasteiger partial charge < -0.3 is 14.4 Å². The molecule has 1 amide bonds. The highest BCUT2D eigenvalue weighted by Gasteiger charge is 2.36. The zero-order valence-corrected chi connectivity index (χ0v) is 21.0. The van der Waals surface area contributed by atoms with Crippen LogP contribution in [0.25, 0.3) is 0 Å². The molecule has 1 aliphatic rings. The van der Waals surface area contributed by atoms with Crippen molar-refractivity contribution < 1.29 is 44.6 Å². The predicted molar refractivity (Wildman–Crippen MR) is 123 cm³/mol. The molecule has 3 rings (SSSR count). The van der Waals surface area contributed by atoms with Crippen molar-refractivity contribution in [2.45, 2.75) is 37.9 Å². The molecule has 0 aliphatic carbocycles. The zero-order chi connectivity index (χ0) is 27.4. The van der Waals surface area contributed by atoms with Gasteiger partial charge in [-0.05, 0) is 49.2 Å². The number of halogens is 5. The molecule has 2 aromatic rings. The number of hydrogen-bond acceptors (Lipinski definition) is 5. The Hall–Kier alpha value is -2.93. The summed E-state index contributed by atoms with van der Waals surface area (Å²) in [4.78, 5) is 14.4. The molecule has 0 N–H and O–H groups in total. The topological polar surface area (TPSA) is 76.2 Å². The summed E-state index contributed by atoms with van der Waals surface area (Å²) >= 11 is 0. The summed E-state index contributed by atoms with van der Waals surface area (Å²) in [6, 6.07) is 6.93. The maximum absolute atomic E-state index is 13.7. The fourth-order valence-electron chi connectivity index (χ4n) is 3.92. The van der Waals surface area contributed by atoms with Crippen molar-refractivity contribution in [1.29, 1.82) is 0 Å². The lowest BCUT2D eigenvalue weighted by Gasteiger charge is -2.38. The highest BCUT2D eigenvalue weighted by atomic mass is 32.2. The fourth-order valence-corrected chi connectivity index (χ4v) is 5.34. The average molecular weight is 551 g/mol. The first-order chi connectivity index (χ1) is 17.2. The zero-order valence-electron chi connectivity index (χ0n) is 20.2. The molecule has 1 heterocycles. The van der Waals surface area contributed by atoms with Gasteiger partial charge in [-0.2, -0.15) is 4.31 Å². The van der Waals surface area contributed by atoms with Crippen molar-refractivity contribution in [2.75, 3.05) is 32.8 Å². The van der Waals surface area contributed by atoms with Crippen molar-refractivity contribution >= 4 is 15.9 Å². The molecule has 0 spiro atoms. The summed E-state index contributed by atoms with van der Waals surface area (Å²) < 4.78 is 99.7. The van der Waals surface area contributed by atoms with Crippen LogP contribution in [0, 0.1) is 17.0 Å². The monoisotopic (exact) mass is 550 g/mol. The SMILES string of the molecule is CC(C)(CCCOc1ccc(F)cc1F)C(=O)N1CCN(S(=O)(=O)c2ccc(OC(F)(F)F)cc2)CC1. The molecule has 2 aromatic carbocycles. The molecule has 13 heteroatoms. The number of nitrogens with zero attached hydrogens (tertiary/aromatic N) is 2. The Morgan fingerprint density at radius 2 is 1.59 bits per heavy atom. The number of amides is 1. The van der Waals surface area contributed by atoms with Crippen molar-refractivity contribution in [2.24, 2.45) is 5.41 Å². The van der Waals surface area contributed by atoms with Crippen LogP contribution in [-0.4, -0.2) is 62.7 Å². The van der Waals surface area contributed by atoms with Crippen LogP contribution < -0.4 is 9.47 Å². The van der Waals surface area contributed by atoms with E-state index in [4.69, 9.17) is 4.74 Å². The Morgan fingerprint density at radius 3 is 2.16 bits per heavy atom. The summed E-state index contributed by atoms with van der Waals surface area (Å²) in [5.41, 5.74) is -0.792. The Morgan fingerprint density at radius 1 is 0.973 bits per heavy atom. The van der Waals surface area contributed by atoms with E-state index in [9.17, 15) is 35.2 Å². The van der Waals surface area contributed by atoms with Gasteiger partial charge in [-0.25, -0.2) is 17.2 Å². The molecule has 1 fully saturated rings. The highest BCUT2D eigenvalue weighted by molar-refractivity contribution is 7.89. The second kappa shape index (κ2) is 11.2. The standard InChI is InChI=1S/C24H27F5N2O5S/c1-23(2,10-3-15-35-21-9-4-17(25)16-20(21)26)22(32)30-11-13-31(14-12-30)37(33,34)19-7-5-18(6-8-19)36-24(27,28)29/h4-9,16H,3,10-15H2,1-2H3. The minimum absolute atomic E-state index is 0.0257. The van der Waals surface area contributed by atoms with Crippen LogP contribution in [0.4, 0.5) is 22.0 Å². The van der Waals surface area contributed by atoms with Gasteiger partial charge >= 0.3 is 6.36 Å². The molecule has 0 unspecified atom stereocenters. The van der Waals surface area contributed by atoms with Gasteiger partial charge in [-0.15, -0.1) is 13.2 Å². The molecule has 7 nitrogen and oxygen atoms in total. The predicted octanol–water partition coefficient (Wildman–Crippen LogP) is 4.58. The maximum Gasteiger partial charge on any atom is 0.573 e. The lowest BCUT2D eigenvalue weighted by Crippen LogP contribution is -2.53. The molecular formula is C24H27F5N2O5S. The number of sulfonamides is 1. The summed E-state index contributed by atoms with van der Waals surface area (Å²) in [6.45, 7) is 3.97. The number of hydrogen-bond donors (Lipinski definition) is 0. The lowest BCUT2D eigenvalue weighted by atomic mass is 9.86. The van der Waals surface area contributed by atoms with E-state index in [2.05, 4.69) is 4.74 Å². The van der Waals surface area contributed by atoms with Gasteiger partial charge in [0.05, 0.1) is 11.5 Å². The highest BCUT2D eigenvalue weighted by Crippen LogP contribution is 2.29. The van der Waals surface area contributed by atoms with Crippen molar-refractivity contribution in [3.63, 3.8) is 0 Å². The molecule has 1 saturated heterocycles. The number of carbonyl (C=O) groups is 1. The molecule has 0 aromatic heterocycles. The van der Waals surface area contributed by atoms with Gasteiger partial charge in [0, 0.05) is 37.7 Å². The van der Waals surface area contributed by atoms with Gasteiger partial charge in [0.2, 0.25) is 15.9 Å². The first-order valence-corrected chi connectivity index (χ1v) is 12.9. The molecule has 0 atom stereocenters. The average Bonchev–Trinajstić information content (AvgIpc) is 2.82. The number of rotatable bonds is 9. The van der Waals surface area contributed by atoms with Gasteiger partial charge in [-0.3, -0.25) is 4.79 Å².